The van der Waals surface area contributed by atoms with Gasteiger partial charge in [-0.3, -0.25) is 19.7 Å². The molecular weight excluding hydrogens is 472 g/mol. The van der Waals surface area contributed by atoms with Crippen molar-refractivity contribution in [1.29, 1.82) is 0 Å². The summed E-state index contributed by atoms with van der Waals surface area (Å²) in [5.41, 5.74) is 3.70. The van der Waals surface area contributed by atoms with Crippen LogP contribution in [0.2, 0.25) is 0 Å². The van der Waals surface area contributed by atoms with Crippen LogP contribution in [0.4, 0.5) is 5.69 Å². The SMILES string of the molecule is O=C1[C@H]2Cc3c([nH]c4ccccc34)[C@H](c3cccc([N+](=O)[O-])c3)N2C(=O)CN1C[C@H](O)c1ccccc1. The first-order valence-electron chi connectivity index (χ1n) is 12.1. The summed E-state index contributed by atoms with van der Waals surface area (Å²) >= 11 is 0. The third kappa shape index (κ3) is 3.84. The predicted molar refractivity (Wildman–Crippen MR) is 136 cm³/mol. The van der Waals surface area contributed by atoms with E-state index in [0.29, 0.717) is 17.5 Å². The van der Waals surface area contributed by atoms with E-state index in [1.54, 1.807) is 29.2 Å². The highest BCUT2D eigenvalue weighted by Crippen LogP contribution is 2.43. The largest absolute Gasteiger partial charge is 0.387 e. The van der Waals surface area contributed by atoms with Gasteiger partial charge in [0.05, 0.1) is 30.2 Å². The van der Waals surface area contributed by atoms with E-state index >= 15 is 0 Å². The molecule has 37 heavy (non-hydrogen) atoms. The predicted octanol–water partition coefficient (Wildman–Crippen LogP) is 3.49. The van der Waals surface area contributed by atoms with E-state index in [1.165, 1.54) is 17.0 Å². The quantitative estimate of drug-likeness (QED) is 0.324. The fourth-order valence-electron chi connectivity index (χ4n) is 5.62. The summed E-state index contributed by atoms with van der Waals surface area (Å²) in [6.07, 6.45) is -0.614. The van der Waals surface area contributed by atoms with E-state index < -0.39 is 23.1 Å². The second-order valence-corrected chi connectivity index (χ2v) is 9.48. The molecule has 0 bridgehead atoms. The third-order valence-corrected chi connectivity index (χ3v) is 7.32. The van der Waals surface area contributed by atoms with Crippen LogP contribution in [-0.2, 0) is 16.0 Å². The number of aromatic amines is 1. The van der Waals surface area contributed by atoms with Crippen molar-refractivity contribution < 1.29 is 19.6 Å². The number of aliphatic hydroxyl groups is 1. The van der Waals surface area contributed by atoms with Gasteiger partial charge in [-0.05, 0) is 22.8 Å². The van der Waals surface area contributed by atoms with Crippen LogP contribution >= 0.6 is 0 Å². The van der Waals surface area contributed by atoms with Crippen molar-refractivity contribution in [3.05, 3.63) is 111 Å². The number of β-amino-alcohol motifs (C(OH)–C–C–N with tert-alkyl or cyclic N) is 1. The number of hydrogen-bond donors (Lipinski definition) is 2. The van der Waals surface area contributed by atoms with Gasteiger partial charge < -0.3 is 19.9 Å². The number of fused-ring (bicyclic) bond motifs is 4. The average Bonchev–Trinajstić information content (AvgIpc) is 3.29. The maximum atomic E-state index is 13.8. The minimum absolute atomic E-state index is 0.00113. The van der Waals surface area contributed by atoms with Crippen LogP contribution in [0.1, 0.15) is 34.5 Å². The van der Waals surface area contributed by atoms with Crippen LogP contribution in [0.25, 0.3) is 10.9 Å². The Morgan fingerprint density at radius 3 is 2.57 bits per heavy atom. The Balaban J connectivity index is 1.43. The van der Waals surface area contributed by atoms with Gasteiger partial charge in [-0.2, -0.15) is 0 Å². The van der Waals surface area contributed by atoms with Crippen LogP contribution in [0.5, 0.6) is 0 Å². The Hall–Kier alpha value is -4.50. The van der Waals surface area contributed by atoms with Gasteiger partial charge in [0, 0.05) is 35.2 Å². The molecule has 0 saturated carbocycles. The van der Waals surface area contributed by atoms with Crippen LogP contribution in [0.3, 0.4) is 0 Å². The Labute approximate surface area is 212 Å². The molecule has 2 amide bonds. The summed E-state index contributed by atoms with van der Waals surface area (Å²) in [6, 6.07) is 21.5. The lowest BCUT2D eigenvalue weighted by atomic mass is 9.86. The number of aliphatic hydroxyl groups excluding tert-OH is 1. The fraction of sp³-hybridized carbons (Fsp3) is 0.214. The standard InChI is InChI=1S/C28H24N4O5/c33-24(17-7-2-1-3-8-17)15-30-16-25(34)31-23(28(30)35)14-21-20-11-4-5-12-22(20)29-26(21)27(31)18-9-6-10-19(13-18)32(36)37/h1-13,23-24,27,29,33H,14-16H2/t23-,24+,27+/m1/s1. The van der Waals surface area contributed by atoms with Gasteiger partial charge in [-0.15, -0.1) is 0 Å². The molecule has 2 N–H and O–H groups in total. The molecule has 4 aromatic rings. The number of amides is 2. The summed E-state index contributed by atoms with van der Waals surface area (Å²) in [4.78, 5) is 44.9. The molecule has 2 aliphatic heterocycles. The van der Waals surface area contributed by atoms with Gasteiger partial charge >= 0.3 is 0 Å². The number of aromatic nitrogens is 1. The maximum Gasteiger partial charge on any atom is 0.269 e. The van der Waals surface area contributed by atoms with Crippen LogP contribution in [-0.4, -0.2) is 55.8 Å². The van der Waals surface area contributed by atoms with Gasteiger partial charge in [-0.25, -0.2) is 0 Å². The number of carbonyl (C=O) groups is 2. The fourth-order valence-corrected chi connectivity index (χ4v) is 5.62. The first-order valence-corrected chi connectivity index (χ1v) is 12.1. The molecule has 6 rings (SSSR count). The highest BCUT2D eigenvalue weighted by Gasteiger charge is 2.48. The molecular formula is C28H24N4O5. The summed E-state index contributed by atoms with van der Waals surface area (Å²) in [6.45, 7) is -0.179. The smallest absolute Gasteiger partial charge is 0.269 e. The lowest BCUT2D eigenvalue weighted by Gasteiger charge is -2.47. The normalized spacial score (nSPS) is 20.0. The zero-order valence-electron chi connectivity index (χ0n) is 19.8. The first-order chi connectivity index (χ1) is 17.9. The summed E-state index contributed by atoms with van der Waals surface area (Å²) in [5, 5.41) is 23.2. The van der Waals surface area contributed by atoms with E-state index in [2.05, 4.69) is 4.98 Å². The van der Waals surface area contributed by atoms with Gasteiger partial charge in [-0.1, -0.05) is 60.7 Å². The summed E-state index contributed by atoms with van der Waals surface area (Å²) < 4.78 is 0. The number of piperazine rings is 1. The van der Waals surface area contributed by atoms with Gasteiger partial charge in [0.2, 0.25) is 11.8 Å². The van der Waals surface area contributed by atoms with Crippen molar-refractivity contribution >= 4 is 28.4 Å². The molecule has 1 aromatic heterocycles. The summed E-state index contributed by atoms with van der Waals surface area (Å²) in [7, 11) is 0. The highest BCUT2D eigenvalue weighted by molar-refractivity contribution is 5.97. The Bertz CT molecular complexity index is 1530. The zero-order chi connectivity index (χ0) is 25.7. The van der Waals surface area contributed by atoms with Crippen molar-refractivity contribution in [2.24, 2.45) is 0 Å². The molecule has 9 heteroatoms. The Morgan fingerprint density at radius 1 is 1.03 bits per heavy atom. The number of rotatable bonds is 5. The lowest BCUT2D eigenvalue weighted by molar-refractivity contribution is -0.384. The van der Waals surface area contributed by atoms with Gasteiger partial charge in [0.15, 0.2) is 0 Å². The molecule has 9 nitrogen and oxygen atoms in total. The second-order valence-electron chi connectivity index (χ2n) is 9.48. The van der Waals surface area contributed by atoms with Crippen molar-refractivity contribution in [2.45, 2.75) is 24.6 Å². The number of H-pyrrole nitrogens is 1. The van der Waals surface area contributed by atoms with Gasteiger partial charge in [0.25, 0.3) is 5.69 Å². The molecule has 1 saturated heterocycles. The molecule has 1 fully saturated rings. The summed E-state index contributed by atoms with van der Waals surface area (Å²) in [5.74, 6) is -0.522. The molecule has 0 aliphatic carbocycles. The molecule has 2 aliphatic rings. The van der Waals surface area contributed by atoms with Crippen molar-refractivity contribution in [1.82, 2.24) is 14.8 Å². The molecule has 3 heterocycles. The van der Waals surface area contributed by atoms with E-state index in [0.717, 1.165) is 22.2 Å². The van der Waals surface area contributed by atoms with Crippen LogP contribution in [0, 0.1) is 10.1 Å². The van der Waals surface area contributed by atoms with Crippen molar-refractivity contribution in [3.8, 4) is 0 Å². The van der Waals surface area contributed by atoms with Crippen LogP contribution < -0.4 is 0 Å². The number of nitro benzene ring substituents is 1. The number of non-ortho nitro benzene ring substituents is 1. The van der Waals surface area contributed by atoms with E-state index in [-0.39, 0.29) is 30.6 Å². The molecule has 186 valence electrons. The van der Waals surface area contributed by atoms with Crippen molar-refractivity contribution in [3.63, 3.8) is 0 Å². The number of hydrogen-bond acceptors (Lipinski definition) is 5. The second kappa shape index (κ2) is 8.86. The average molecular weight is 497 g/mol. The Kier molecular flexibility index (Phi) is 5.49. The number of nitrogens with zero attached hydrogens (tertiary/aromatic N) is 3. The lowest BCUT2D eigenvalue weighted by Crippen LogP contribution is -2.63. The number of para-hydroxylation sites is 1. The molecule has 3 aromatic carbocycles. The maximum absolute atomic E-state index is 13.8. The van der Waals surface area contributed by atoms with E-state index in [4.69, 9.17) is 0 Å². The molecule has 3 atom stereocenters. The molecule has 0 radical (unpaired) electrons. The topological polar surface area (TPSA) is 120 Å². The first kappa shape index (κ1) is 22.9. The monoisotopic (exact) mass is 496 g/mol. The van der Waals surface area contributed by atoms with Crippen LogP contribution in [0.15, 0.2) is 78.9 Å². The highest BCUT2D eigenvalue weighted by atomic mass is 16.6. The molecule has 0 spiro atoms. The minimum Gasteiger partial charge on any atom is -0.387 e. The number of carbonyl (C=O) groups excluding carboxylic acids is 2. The number of nitro groups is 1. The third-order valence-electron chi connectivity index (χ3n) is 7.32. The number of nitrogens with one attached hydrogen (secondary N) is 1. The minimum atomic E-state index is -0.927. The van der Waals surface area contributed by atoms with Gasteiger partial charge in [0.1, 0.15) is 6.04 Å². The van der Waals surface area contributed by atoms with Crippen molar-refractivity contribution in [2.75, 3.05) is 13.1 Å². The van der Waals surface area contributed by atoms with E-state index in [9.17, 15) is 24.8 Å². The zero-order valence-corrected chi connectivity index (χ0v) is 19.8. The number of benzene rings is 3. The Morgan fingerprint density at radius 2 is 1.78 bits per heavy atom. The van der Waals surface area contributed by atoms with E-state index in [1.807, 2.05) is 42.5 Å². The molecule has 0 unspecified atom stereocenters.